The molecule has 0 bridgehead atoms. The van der Waals surface area contributed by atoms with Gasteiger partial charge in [-0.1, -0.05) is 57.1 Å². The first-order chi connectivity index (χ1) is 9.80. The second-order valence-corrected chi connectivity index (χ2v) is 5.14. The molecule has 2 nitrogen and oxygen atoms in total. The summed E-state index contributed by atoms with van der Waals surface area (Å²) >= 11 is 0. The third kappa shape index (κ3) is 6.75. The smallest absolute Gasteiger partial charge is 0.0717 e. The van der Waals surface area contributed by atoms with Crippen molar-refractivity contribution < 1.29 is 4.74 Å². The Balaban J connectivity index is 2.41. The quantitative estimate of drug-likeness (QED) is 0.732. The van der Waals surface area contributed by atoms with E-state index in [9.17, 15) is 0 Å². The molecule has 1 atom stereocenters. The van der Waals surface area contributed by atoms with Crippen molar-refractivity contribution in [3.63, 3.8) is 0 Å². The molecule has 0 saturated heterocycles. The fraction of sp³-hybridized carbons (Fsp3) is 0.556. The second kappa shape index (κ2) is 10.5. The van der Waals surface area contributed by atoms with Crippen LogP contribution in [-0.2, 0) is 11.3 Å². The largest absolute Gasteiger partial charge is 0.376 e. The van der Waals surface area contributed by atoms with Crippen LogP contribution in [0.4, 0.5) is 0 Å². The van der Waals surface area contributed by atoms with E-state index in [0.717, 1.165) is 12.2 Å². The van der Waals surface area contributed by atoms with Gasteiger partial charge in [0.2, 0.25) is 0 Å². The van der Waals surface area contributed by atoms with E-state index in [1.54, 1.807) is 0 Å². The first-order valence-electron chi connectivity index (χ1n) is 7.65. The van der Waals surface area contributed by atoms with E-state index in [1.165, 1.54) is 31.2 Å². The van der Waals surface area contributed by atoms with E-state index >= 15 is 0 Å². The highest BCUT2D eigenvalue weighted by Crippen LogP contribution is 2.14. The Morgan fingerprint density at radius 1 is 1.30 bits per heavy atom. The maximum absolute atomic E-state index is 5.86. The standard InChI is InChI=1S/C18H27NO/c1-3-5-8-16(4-2)14-20-15-18-10-6-9-17(13-18)11-7-12-19/h6,9-10,13,16H,3-5,8,12,14-15,19H2,1-2H3. The molecule has 2 N–H and O–H groups in total. The van der Waals surface area contributed by atoms with Crippen LogP contribution < -0.4 is 5.73 Å². The van der Waals surface area contributed by atoms with Crippen LogP contribution in [0.25, 0.3) is 0 Å². The van der Waals surface area contributed by atoms with Crippen LogP contribution in [-0.4, -0.2) is 13.2 Å². The van der Waals surface area contributed by atoms with Gasteiger partial charge in [-0.25, -0.2) is 0 Å². The fourth-order valence-corrected chi connectivity index (χ4v) is 2.13. The molecule has 0 saturated carbocycles. The maximum Gasteiger partial charge on any atom is 0.0717 e. The molecular formula is C18H27NO. The van der Waals surface area contributed by atoms with Crippen LogP contribution in [0.15, 0.2) is 24.3 Å². The van der Waals surface area contributed by atoms with Crippen molar-refractivity contribution in [2.24, 2.45) is 11.7 Å². The van der Waals surface area contributed by atoms with Crippen molar-refractivity contribution in [2.75, 3.05) is 13.2 Å². The van der Waals surface area contributed by atoms with Gasteiger partial charge in [-0.15, -0.1) is 0 Å². The Kier molecular flexibility index (Phi) is 8.78. The molecule has 0 fully saturated rings. The average Bonchev–Trinajstić information content (AvgIpc) is 2.49. The van der Waals surface area contributed by atoms with Gasteiger partial charge in [-0.2, -0.15) is 0 Å². The minimum atomic E-state index is 0.399. The van der Waals surface area contributed by atoms with Gasteiger partial charge in [0.25, 0.3) is 0 Å². The molecule has 0 amide bonds. The topological polar surface area (TPSA) is 35.2 Å². The normalized spacial score (nSPS) is 11.8. The third-order valence-electron chi connectivity index (χ3n) is 3.43. The molecule has 0 aliphatic heterocycles. The Hall–Kier alpha value is -1.30. The van der Waals surface area contributed by atoms with Crippen molar-refractivity contribution in [1.82, 2.24) is 0 Å². The first kappa shape index (κ1) is 16.8. The van der Waals surface area contributed by atoms with Crippen LogP contribution in [0.5, 0.6) is 0 Å². The maximum atomic E-state index is 5.86. The number of unbranched alkanes of at least 4 members (excludes halogenated alkanes) is 1. The molecular weight excluding hydrogens is 246 g/mol. The van der Waals surface area contributed by atoms with Crippen LogP contribution in [0, 0.1) is 17.8 Å². The van der Waals surface area contributed by atoms with E-state index in [0.29, 0.717) is 19.1 Å². The van der Waals surface area contributed by atoms with Gasteiger partial charge in [0, 0.05) is 12.2 Å². The van der Waals surface area contributed by atoms with E-state index in [2.05, 4.69) is 37.8 Å². The van der Waals surface area contributed by atoms with Gasteiger partial charge >= 0.3 is 0 Å². The van der Waals surface area contributed by atoms with Gasteiger partial charge in [0.15, 0.2) is 0 Å². The molecule has 0 spiro atoms. The Morgan fingerprint density at radius 2 is 2.15 bits per heavy atom. The van der Waals surface area contributed by atoms with Crippen molar-refractivity contribution in [2.45, 2.75) is 46.1 Å². The van der Waals surface area contributed by atoms with Gasteiger partial charge in [-0.3, -0.25) is 0 Å². The lowest BCUT2D eigenvalue weighted by Gasteiger charge is -2.14. The Bertz CT molecular complexity index is 431. The molecule has 0 heterocycles. The second-order valence-electron chi connectivity index (χ2n) is 5.14. The summed E-state index contributed by atoms with van der Waals surface area (Å²) in [6.07, 6.45) is 5.03. The van der Waals surface area contributed by atoms with Crippen LogP contribution >= 0.6 is 0 Å². The molecule has 1 rings (SSSR count). The highest BCUT2D eigenvalue weighted by molar-refractivity contribution is 5.37. The lowest BCUT2D eigenvalue weighted by molar-refractivity contribution is 0.0820. The summed E-state index contributed by atoms with van der Waals surface area (Å²) in [7, 11) is 0. The van der Waals surface area contributed by atoms with E-state index in [-0.39, 0.29) is 0 Å². The number of hydrogen-bond acceptors (Lipinski definition) is 2. The predicted octanol–water partition coefficient (Wildman–Crippen LogP) is 3.73. The molecule has 1 unspecified atom stereocenters. The third-order valence-corrected chi connectivity index (χ3v) is 3.43. The van der Waals surface area contributed by atoms with Crippen LogP contribution in [0.1, 0.15) is 50.7 Å². The van der Waals surface area contributed by atoms with Crippen LogP contribution in [0.2, 0.25) is 0 Å². The summed E-state index contributed by atoms with van der Waals surface area (Å²) in [6, 6.07) is 8.19. The van der Waals surface area contributed by atoms with Gasteiger partial charge in [-0.05, 0) is 30.0 Å². The lowest BCUT2D eigenvalue weighted by Crippen LogP contribution is -2.08. The number of hydrogen-bond donors (Lipinski definition) is 1. The predicted molar refractivity (Wildman–Crippen MR) is 85.3 cm³/mol. The van der Waals surface area contributed by atoms with Crippen molar-refractivity contribution in [3.8, 4) is 11.8 Å². The zero-order chi connectivity index (χ0) is 14.6. The summed E-state index contributed by atoms with van der Waals surface area (Å²) in [6.45, 7) is 6.40. The van der Waals surface area contributed by atoms with E-state index in [1.807, 2.05) is 12.1 Å². The summed E-state index contributed by atoms with van der Waals surface area (Å²) < 4.78 is 5.86. The van der Waals surface area contributed by atoms with Crippen molar-refractivity contribution >= 4 is 0 Å². The number of rotatable bonds is 8. The molecule has 2 heteroatoms. The molecule has 0 aliphatic rings. The highest BCUT2D eigenvalue weighted by Gasteiger charge is 2.06. The first-order valence-corrected chi connectivity index (χ1v) is 7.65. The Morgan fingerprint density at radius 3 is 2.85 bits per heavy atom. The molecule has 1 aromatic rings. The van der Waals surface area contributed by atoms with Crippen molar-refractivity contribution in [1.29, 1.82) is 0 Å². The molecule has 20 heavy (non-hydrogen) atoms. The highest BCUT2D eigenvalue weighted by atomic mass is 16.5. The summed E-state index contributed by atoms with van der Waals surface area (Å²) in [5, 5.41) is 0. The van der Waals surface area contributed by atoms with Crippen molar-refractivity contribution in [3.05, 3.63) is 35.4 Å². The zero-order valence-corrected chi connectivity index (χ0v) is 12.8. The average molecular weight is 273 g/mol. The molecule has 0 radical (unpaired) electrons. The summed E-state index contributed by atoms with van der Waals surface area (Å²) in [5.74, 6) is 6.62. The van der Waals surface area contributed by atoms with Crippen LogP contribution in [0.3, 0.4) is 0 Å². The van der Waals surface area contributed by atoms with E-state index < -0.39 is 0 Å². The summed E-state index contributed by atoms with van der Waals surface area (Å²) in [5.41, 5.74) is 7.57. The molecule has 1 aromatic carbocycles. The Labute approximate surface area is 123 Å². The summed E-state index contributed by atoms with van der Waals surface area (Å²) in [4.78, 5) is 0. The number of nitrogens with two attached hydrogens (primary N) is 1. The minimum absolute atomic E-state index is 0.399. The fourth-order valence-electron chi connectivity index (χ4n) is 2.13. The van der Waals surface area contributed by atoms with Gasteiger partial charge < -0.3 is 10.5 Å². The number of ether oxygens (including phenoxy) is 1. The number of benzene rings is 1. The van der Waals surface area contributed by atoms with Gasteiger partial charge in [0.05, 0.1) is 13.2 Å². The van der Waals surface area contributed by atoms with Gasteiger partial charge in [0.1, 0.15) is 0 Å². The minimum Gasteiger partial charge on any atom is -0.376 e. The zero-order valence-electron chi connectivity index (χ0n) is 12.8. The molecule has 110 valence electrons. The lowest BCUT2D eigenvalue weighted by atomic mass is 10.0. The SMILES string of the molecule is CCCCC(CC)COCc1cccc(C#CCN)c1. The van der Waals surface area contributed by atoms with E-state index in [4.69, 9.17) is 10.5 Å². The monoisotopic (exact) mass is 273 g/mol. The molecule has 0 aliphatic carbocycles. The molecule has 0 aromatic heterocycles.